The van der Waals surface area contributed by atoms with Crippen molar-refractivity contribution in [3.63, 3.8) is 0 Å². The molecule has 0 aromatic heterocycles. The van der Waals surface area contributed by atoms with Gasteiger partial charge in [-0.1, -0.05) is 29.8 Å². The van der Waals surface area contributed by atoms with Crippen molar-refractivity contribution >= 4 is 17.3 Å². The molecule has 4 nitrogen and oxygen atoms in total. The molecule has 1 aliphatic rings. The van der Waals surface area contributed by atoms with Gasteiger partial charge in [-0.15, -0.1) is 0 Å². The molecule has 0 saturated carbocycles. The average Bonchev–Trinajstić information content (AvgIpc) is 2.80. The van der Waals surface area contributed by atoms with Gasteiger partial charge in [0.05, 0.1) is 4.92 Å². The molecule has 0 saturated heterocycles. The number of rotatable bonds is 4. The number of hydrogen-bond donors (Lipinski definition) is 1. The third-order valence-electron chi connectivity index (χ3n) is 2.81. The van der Waals surface area contributed by atoms with E-state index in [4.69, 9.17) is 11.6 Å². The molecule has 1 aromatic carbocycles. The van der Waals surface area contributed by atoms with Crippen molar-refractivity contribution in [3.8, 4) is 0 Å². The molecule has 0 spiro atoms. The molecule has 1 aliphatic carbocycles. The lowest BCUT2D eigenvalue weighted by atomic mass is 10.1. The summed E-state index contributed by atoms with van der Waals surface area (Å²) in [6, 6.07) is 5.36. The summed E-state index contributed by atoms with van der Waals surface area (Å²) in [5.74, 6) is 0. The Kier molecular flexibility index (Phi) is 3.76. The molecular formula is C12H13ClN2O2. The molecule has 1 aromatic rings. The molecule has 17 heavy (non-hydrogen) atoms. The van der Waals surface area contributed by atoms with E-state index < -0.39 is 4.92 Å². The quantitative estimate of drug-likeness (QED) is 0.509. The zero-order valence-corrected chi connectivity index (χ0v) is 9.98. The normalized spacial score (nSPS) is 15.4. The Labute approximate surface area is 104 Å². The van der Waals surface area contributed by atoms with E-state index in [0.29, 0.717) is 12.6 Å². The molecule has 0 aliphatic heterocycles. The standard InChI is InChI=1S/C12H13ClN2O2/c13-11-6-5-9(7-12(11)15(16)17)8-14-10-3-1-2-4-10/h1-2,5-7,10,14H,3-4,8H2. The van der Waals surface area contributed by atoms with Crippen molar-refractivity contribution in [2.75, 3.05) is 0 Å². The molecule has 2 rings (SSSR count). The Balaban J connectivity index is 2.01. The second kappa shape index (κ2) is 5.29. The van der Waals surface area contributed by atoms with Crippen LogP contribution in [0.15, 0.2) is 30.4 Å². The average molecular weight is 253 g/mol. The summed E-state index contributed by atoms with van der Waals surface area (Å²) in [7, 11) is 0. The molecule has 0 heterocycles. The maximum atomic E-state index is 10.7. The van der Waals surface area contributed by atoms with Crippen LogP contribution >= 0.6 is 11.6 Å². The van der Waals surface area contributed by atoms with Gasteiger partial charge in [-0.25, -0.2) is 0 Å². The molecule has 0 atom stereocenters. The van der Waals surface area contributed by atoms with Crippen LogP contribution in [-0.4, -0.2) is 11.0 Å². The summed E-state index contributed by atoms with van der Waals surface area (Å²) in [6.07, 6.45) is 6.33. The third-order valence-corrected chi connectivity index (χ3v) is 3.13. The Morgan fingerprint density at radius 2 is 2.12 bits per heavy atom. The highest BCUT2D eigenvalue weighted by Gasteiger charge is 2.14. The van der Waals surface area contributed by atoms with Crippen molar-refractivity contribution in [2.45, 2.75) is 25.4 Å². The highest BCUT2D eigenvalue weighted by atomic mass is 35.5. The minimum Gasteiger partial charge on any atom is -0.309 e. The zero-order chi connectivity index (χ0) is 12.3. The van der Waals surface area contributed by atoms with Crippen molar-refractivity contribution in [1.82, 2.24) is 5.32 Å². The molecule has 0 bridgehead atoms. The van der Waals surface area contributed by atoms with Gasteiger partial charge >= 0.3 is 0 Å². The maximum absolute atomic E-state index is 10.7. The monoisotopic (exact) mass is 252 g/mol. The van der Waals surface area contributed by atoms with E-state index >= 15 is 0 Å². The molecule has 0 amide bonds. The van der Waals surface area contributed by atoms with Crippen LogP contribution in [0.2, 0.25) is 5.02 Å². The van der Waals surface area contributed by atoms with E-state index in [0.717, 1.165) is 18.4 Å². The number of nitrogens with one attached hydrogen (secondary N) is 1. The van der Waals surface area contributed by atoms with Gasteiger partial charge in [-0.05, 0) is 24.5 Å². The van der Waals surface area contributed by atoms with Gasteiger partial charge in [-0.3, -0.25) is 10.1 Å². The lowest BCUT2D eigenvalue weighted by molar-refractivity contribution is -0.384. The summed E-state index contributed by atoms with van der Waals surface area (Å²) in [5.41, 5.74) is 0.850. The smallest absolute Gasteiger partial charge is 0.288 e. The van der Waals surface area contributed by atoms with Gasteiger partial charge in [0.25, 0.3) is 5.69 Å². The molecular weight excluding hydrogens is 240 g/mol. The summed E-state index contributed by atoms with van der Waals surface area (Å²) in [4.78, 5) is 10.3. The molecule has 0 radical (unpaired) electrons. The Bertz CT molecular complexity index is 452. The summed E-state index contributed by atoms with van der Waals surface area (Å²) in [6.45, 7) is 0.629. The lowest BCUT2D eigenvalue weighted by Crippen LogP contribution is -2.25. The molecule has 1 N–H and O–H groups in total. The van der Waals surface area contributed by atoms with E-state index in [1.807, 2.05) is 6.07 Å². The van der Waals surface area contributed by atoms with Gasteiger partial charge in [0.15, 0.2) is 0 Å². The van der Waals surface area contributed by atoms with Crippen LogP contribution in [0.3, 0.4) is 0 Å². The summed E-state index contributed by atoms with van der Waals surface area (Å²) < 4.78 is 0. The van der Waals surface area contributed by atoms with Crippen LogP contribution in [0.25, 0.3) is 0 Å². The fourth-order valence-corrected chi connectivity index (χ4v) is 2.04. The van der Waals surface area contributed by atoms with Crippen LogP contribution in [0.1, 0.15) is 18.4 Å². The van der Waals surface area contributed by atoms with Gasteiger partial charge in [0.2, 0.25) is 0 Å². The SMILES string of the molecule is O=[N+]([O-])c1cc(CNC2CC=CC2)ccc1Cl. The van der Waals surface area contributed by atoms with Gasteiger partial charge in [0.1, 0.15) is 5.02 Å². The number of benzene rings is 1. The third kappa shape index (κ3) is 3.05. The van der Waals surface area contributed by atoms with Gasteiger partial charge in [-0.2, -0.15) is 0 Å². The number of nitrogens with zero attached hydrogens (tertiary/aromatic N) is 1. The van der Waals surface area contributed by atoms with E-state index in [1.165, 1.54) is 6.07 Å². The van der Waals surface area contributed by atoms with Crippen LogP contribution < -0.4 is 5.32 Å². The fourth-order valence-electron chi connectivity index (χ4n) is 1.85. The lowest BCUT2D eigenvalue weighted by Gasteiger charge is -2.11. The molecule has 0 fully saturated rings. The van der Waals surface area contributed by atoms with Crippen LogP contribution in [0, 0.1) is 10.1 Å². The topological polar surface area (TPSA) is 55.2 Å². The number of hydrogen-bond acceptors (Lipinski definition) is 3. The Morgan fingerprint density at radius 3 is 2.76 bits per heavy atom. The second-order valence-electron chi connectivity index (χ2n) is 4.06. The number of nitro benzene ring substituents is 1. The maximum Gasteiger partial charge on any atom is 0.288 e. The minimum absolute atomic E-state index is 0.0319. The predicted molar refractivity (Wildman–Crippen MR) is 67.1 cm³/mol. The highest BCUT2D eigenvalue weighted by Crippen LogP contribution is 2.25. The van der Waals surface area contributed by atoms with Crippen molar-refractivity contribution in [1.29, 1.82) is 0 Å². The number of nitro groups is 1. The van der Waals surface area contributed by atoms with Crippen LogP contribution in [0.4, 0.5) is 5.69 Å². The molecule has 5 heteroatoms. The van der Waals surface area contributed by atoms with Crippen LogP contribution in [0.5, 0.6) is 0 Å². The first kappa shape index (κ1) is 12.1. The minimum atomic E-state index is -0.455. The first-order valence-corrected chi connectivity index (χ1v) is 5.86. The predicted octanol–water partition coefficient (Wildman–Crippen LogP) is 3.06. The van der Waals surface area contributed by atoms with Crippen molar-refractivity contribution < 1.29 is 4.92 Å². The number of halogens is 1. The zero-order valence-electron chi connectivity index (χ0n) is 9.23. The van der Waals surface area contributed by atoms with E-state index in [9.17, 15) is 10.1 Å². The van der Waals surface area contributed by atoms with E-state index in [2.05, 4.69) is 17.5 Å². The summed E-state index contributed by atoms with van der Waals surface area (Å²) >= 11 is 5.75. The Hall–Kier alpha value is -1.39. The second-order valence-corrected chi connectivity index (χ2v) is 4.47. The first-order valence-electron chi connectivity index (χ1n) is 5.48. The van der Waals surface area contributed by atoms with Crippen molar-refractivity contribution in [2.24, 2.45) is 0 Å². The molecule has 0 unspecified atom stereocenters. The largest absolute Gasteiger partial charge is 0.309 e. The van der Waals surface area contributed by atoms with E-state index in [1.54, 1.807) is 6.07 Å². The van der Waals surface area contributed by atoms with Gasteiger partial charge in [0, 0.05) is 18.7 Å². The first-order chi connectivity index (χ1) is 8.16. The highest BCUT2D eigenvalue weighted by molar-refractivity contribution is 6.32. The van der Waals surface area contributed by atoms with Crippen LogP contribution in [-0.2, 0) is 6.54 Å². The van der Waals surface area contributed by atoms with Crippen molar-refractivity contribution in [3.05, 3.63) is 51.1 Å². The van der Waals surface area contributed by atoms with E-state index in [-0.39, 0.29) is 10.7 Å². The molecule has 90 valence electrons. The fraction of sp³-hybridized carbons (Fsp3) is 0.333. The summed E-state index contributed by atoms with van der Waals surface area (Å²) in [5, 5.41) is 14.3. The van der Waals surface area contributed by atoms with Gasteiger partial charge < -0.3 is 5.32 Å². The Morgan fingerprint density at radius 1 is 1.41 bits per heavy atom.